The summed E-state index contributed by atoms with van der Waals surface area (Å²) in [4.78, 5) is 38.7. The maximum absolute atomic E-state index is 12.3. The first kappa shape index (κ1) is 23.2. The van der Waals surface area contributed by atoms with Gasteiger partial charge in [-0.15, -0.1) is 0 Å². The van der Waals surface area contributed by atoms with Gasteiger partial charge in [-0.3, -0.25) is 0 Å². The van der Waals surface area contributed by atoms with Crippen molar-refractivity contribution < 1.29 is 28.6 Å². The van der Waals surface area contributed by atoms with Crippen LogP contribution in [-0.2, 0) is 23.8 Å². The van der Waals surface area contributed by atoms with Crippen LogP contribution in [0.2, 0.25) is 0 Å². The van der Waals surface area contributed by atoms with Crippen LogP contribution in [-0.4, -0.2) is 54.8 Å². The summed E-state index contributed by atoms with van der Waals surface area (Å²) in [5.74, 6) is -1.17. The number of piperidine rings is 1. The van der Waals surface area contributed by atoms with Crippen LogP contribution < -0.4 is 0 Å². The van der Waals surface area contributed by atoms with Crippen molar-refractivity contribution in [2.24, 2.45) is 5.41 Å². The topological polar surface area (TPSA) is 82.1 Å². The van der Waals surface area contributed by atoms with Gasteiger partial charge in [0.1, 0.15) is 11.2 Å². The normalized spacial score (nSPS) is 18.9. The smallest absolute Gasteiger partial charge is 0.410 e. The third-order valence-electron chi connectivity index (χ3n) is 5.70. The summed E-state index contributed by atoms with van der Waals surface area (Å²) in [6, 6.07) is 0. The van der Waals surface area contributed by atoms with Crippen molar-refractivity contribution in [1.29, 1.82) is 0 Å². The Morgan fingerprint density at radius 2 is 1.38 bits per heavy atom. The van der Waals surface area contributed by atoms with Crippen molar-refractivity contribution in [2.45, 2.75) is 78.7 Å². The van der Waals surface area contributed by atoms with Gasteiger partial charge in [0, 0.05) is 13.1 Å². The van der Waals surface area contributed by atoms with Gasteiger partial charge in [-0.1, -0.05) is 0 Å². The minimum atomic E-state index is -0.586. The molecular formula is C22H35NO6. The molecule has 0 radical (unpaired) electrons. The van der Waals surface area contributed by atoms with Crippen LogP contribution in [0.3, 0.4) is 0 Å². The first-order valence-electron chi connectivity index (χ1n) is 10.6. The predicted octanol–water partition coefficient (Wildman–Crippen LogP) is 4.00. The van der Waals surface area contributed by atoms with E-state index >= 15 is 0 Å². The van der Waals surface area contributed by atoms with Gasteiger partial charge >= 0.3 is 18.0 Å². The van der Waals surface area contributed by atoms with Crippen LogP contribution in [0.1, 0.15) is 73.1 Å². The monoisotopic (exact) mass is 409 g/mol. The average molecular weight is 410 g/mol. The Hall–Kier alpha value is -2.05. The highest BCUT2D eigenvalue weighted by Crippen LogP contribution is 2.47. The standard InChI is InChI=1S/C22H35NO6/c1-6-27-18(24)17(19(25)28-7-2)16-8-10-22(11-9-16)12-14-23(15-13-22)20(26)29-21(3,4)5/h6-15H2,1-5H3. The van der Waals surface area contributed by atoms with Crippen LogP contribution in [0.5, 0.6) is 0 Å². The number of amides is 1. The Kier molecular flexibility index (Phi) is 7.72. The quantitative estimate of drug-likeness (QED) is 0.229. The lowest BCUT2D eigenvalue weighted by molar-refractivity contribution is -0.146. The van der Waals surface area contributed by atoms with E-state index in [1.165, 1.54) is 0 Å². The molecule has 2 aliphatic rings. The molecule has 0 aromatic carbocycles. The molecule has 1 spiro atoms. The van der Waals surface area contributed by atoms with Gasteiger partial charge in [-0.2, -0.15) is 0 Å². The van der Waals surface area contributed by atoms with Crippen molar-refractivity contribution in [3.8, 4) is 0 Å². The molecule has 164 valence electrons. The lowest BCUT2D eigenvalue weighted by Crippen LogP contribution is -2.46. The molecule has 0 aromatic rings. The van der Waals surface area contributed by atoms with Gasteiger partial charge in [0.25, 0.3) is 0 Å². The van der Waals surface area contributed by atoms with Crippen molar-refractivity contribution in [2.75, 3.05) is 26.3 Å². The molecule has 7 heteroatoms. The Morgan fingerprint density at radius 3 is 1.79 bits per heavy atom. The Balaban J connectivity index is 2.01. The van der Waals surface area contributed by atoms with Gasteiger partial charge in [0.15, 0.2) is 0 Å². The molecule has 1 heterocycles. The zero-order chi connectivity index (χ0) is 21.7. The number of hydrogen-bond acceptors (Lipinski definition) is 6. The number of allylic oxidation sites excluding steroid dienone is 1. The predicted molar refractivity (Wildman–Crippen MR) is 108 cm³/mol. The molecule has 0 aromatic heterocycles. The van der Waals surface area contributed by atoms with Gasteiger partial charge in [-0.05, 0) is 84.1 Å². The van der Waals surface area contributed by atoms with E-state index in [-0.39, 0.29) is 30.3 Å². The van der Waals surface area contributed by atoms with Gasteiger partial charge < -0.3 is 19.1 Å². The van der Waals surface area contributed by atoms with Gasteiger partial charge in [0.05, 0.1) is 13.2 Å². The minimum absolute atomic E-state index is 0.0785. The van der Waals surface area contributed by atoms with E-state index in [0.29, 0.717) is 25.9 Å². The fourth-order valence-corrected chi connectivity index (χ4v) is 4.10. The maximum atomic E-state index is 12.3. The van der Waals surface area contributed by atoms with Crippen molar-refractivity contribution in [3.63, 3.8) is 0 Å². The first-order chi connectivity index (χ1) is 13.6. The number of hydrogen-bond donors (Lipinski definition) is 0. The summed E-state index contributed by atoms with van der Waals surface area (Å²) in [6.45, 7) is 10.9. The third kappa shape index (κ3) is 6.21. The van der Waals surface area contributed by atoms with E-state index in [1.807, 2.05) is 20.8 Å². The number of likely N-dealkylation sites (tertiary alicyclic amines) is 1. The summed E-state index contributed by atoms with van der Waals surface area (Å²) in [5, 5.41) is 0. The summed E-state index contributed by atoms with van der Waals surface area (Å²) in [7, 11) is 0. The molecule has 0 N–H and O–H groups in total. The van der Waals surface area contributed by atoms with E-state index in [1.54, 1.807) is 18.7 Å². The van der Waals surface area contributed by atoms with Crippen molar-refractivity contribution >= 4 is 18.0 Å². The Bertz CT molecular complexity index is 621. The van der Waals surface area contributed by atoms with E-state index in [4.69, 9.17) is 14.2 Å². The fraction of sp³-hybridized carbons (Fsp3) is 0.773. The average Bonchev–Trinajstić information content (AvgIpc) is 2.63. The minimum Gasteiger partial charge on any atom is -0.462 e. The second kappa shape index (κ2) is 9.63. The molecule has 1 aliphatic carbocycles. The molecule has 1 amide bonds. The molecule has 0 unspecified atom stereocenters. The number of carbonyl (C=O) groups excluding carboxylic acids is 3. The number of rotatable bonds is 4. The third-order valence-corrected chi connectivity index (χ3v) is 5.70. The SMILES string of the molecule is CCOC(=O)C(C(=O)OCC)=C1CCC2(CC1)CCN(C(=O)OC(C)(C)C)CC2. The lowest BCUT2D eigenvalue weighted by atomic mass is 9.66. The Morgan fingerprint density at radius 1 is 0.897 bits per heavy atom. The molecule has 29 heavy (non-hydrogen) atoms. The molecule has 7 nitrogen and oxygen atoms in total. The van der Waals surface area contributed by atoms with E-state index in [2.05, 4.69) is 0 Å². The lowest BCUT2D eigenvalue weighted by Gasteiger charge is -2.45. The van der Waals surface area contributed by atoms with E-state index in [9.17, 15) is 14.4 Å². The zero-order valence-electron chi connectivity index (χ0n) is 18.5. The number of esters is 2. The number of nitrogens with zero attached hydrogens (tertiary/aromatic N) is 1. The van der Waals surface area contributed by atoms with Crippen LogP contribution in [0.4, 0.5) is 4.79 Å². The molecular weight excluding hydrogens is 374 g/mol. The highest BCUT2D eigenvalue weighted by molar-refractivity contribution is 6.14. The summed E-state index contributed by atoms with van der Waals surface area (Å²) in [6.07, 6.45) is 4.72. The molecule has 1 aliphatic heterocycles. The van der Waals surface area contributed by atoms with Crippen LogP contribution in [0.25, 0.3) is 0 Å². The summed E-state index contributed by atoms with van der Waals surface area (Å²) in [5.41, 5.74) is 0.570. The maximum Gasteiger partial charge on any atom is 0.410 e. The van der Waals surface area contributed by atoms with Crippen molar-refractivity contribution in [1.82, 2.24) is 4.90 Å². The summed E-state index contributed by atoms with van der Waals surface area (Å²) >= 11 is 0. The largest absolute Gasteiger partial charge is 0.462 e. The van der Waals surface area contributed by atoms with Crippen LogP contribution in [0, 0.1) is 5.41 Å². The van der Waals surface area contributed by atoms with Crippen LogP contribution >= 0.6 is 0 Å². The molecule has 0 atom stereocenters. The zero-order valence-corrected chi connectivity index (χ0v) is 18.5. The fourth-order valence-electron chi connectivity index (χ4n) is 4.10. The molecule has 1 saturated carbocycles. The number of carbonyl (C=O) groups is 3. The molecule has 2 fully saturated rings. The highest BCUT2D eigenvalue weighted by atomic mass is 16.6. The van der Waals surface area contributed by atoms with E-state index in [0.717, 1.165) is 31.3 Å². The van der Waals surface area contributed by atoms with Gasteiger partial charge in [-0.25, -0.2) is 14.4 Å². The second-order valence-corrected chi connectivity index (χ2v) is 8.89. The summed E-state index contributed by atoms with van der Waals surface area (Å²) < 4.78 is 15.6. The molecule has 2 rings (SSSR count). The molecule has 1 saturated heterocycles. The van der Waals surface area contributed by atoms with Gasteiger partial charge in [0.2, 0.25) is 0 Å². The van der Waals surface area contributed by atoms with Crippen LogP contribution in [0.15, 0.2) is 11.1 Å². The Labute approximate surface area is 173 Å². The highest BCUT2D eigenvalue weighted by Gasteiger charge is 2.40. The second-order valence-electron chi connectivity index (χ2n) is 8.89. The van der Waals surface area contributed by atoms with Crippen molar-refractivity contribution in [3.05, 3.63) is 11.1 Å². The van der Waals surface area contributed by atoms with E-state index < -0.39 is 17.5 Å². The first-order valence-corrected chi connectivity index (χ1v) is 10.6. The molecule has 0 bridgehead atoms. The number of ether oxygens (including phenoxy) is 3.